The Morgan fingerprint density at radius 2 is 1.80 bits per heavy atom. The molecular formula is C23H25FO6. The number of methoxy groups -OCH3 is 2. The van der Waals surface area contributed by atoms with Crippen LogP contribution < -0.4 is 14.2 Å². The maximum Gasteiger partial charge on any atom is 0.344 e. The summed E-state index contributed by atoms with van der Waals surface area (Å²) >= 11 is 0. The zero-order chi connectivity index (χ0) is 22.3. The molecule has 0 aromatic heterocycles. The van der Waals surface area contributed by atoms with Crippen LogP contribution in [-0.4, -0.2) is 38.2 Å². The minimum absolute atomic E-state index is 0.0374. The van der Waals surface area contributed by atoms with E-state index in [2.05, 4.69) is 0 Å². The molecule has 160 valence electrons. The number of hydrogen-bond acceptors (Lipinski definition) is 6. The molecule has 0 N–H and O–H groups in total. The molecule has 0 spiro atoms. The van der Waals surface area contributed by atoms with Crippen LogP contribution in [0.2, 0.25) is 0 Å². The third-order valence-corrected chi connectivity index (χ3v) is 3.82. The number of benzene rings is 2. The van der Waals surface area contributed by atoms with Crippen LogP contribution in [0, 0.1) is 5.82 Å². The van der Waals surface area contributed by atoms with Gasteiger partial charge in [-0.25, -0.2) is 9.18 Å². The van der Waals surface area contributed by atoms with Gasteiger partial charge >= 0.3 is 5.97 Å². The number of ether oxygens (including phenoxy) is 4. The van der Waals surface area contributed by atoms with E-state index in [1.54, 1.807) is 45.0 Å². The maximum absolute atomic E-state index is 14.5. The lowest BCUT2D eigenvalue weighted by molar-refractivity contribution is -0.157. The van der Waals surface area contributed by atoms with Gasteiger partial charge in [0.1, 0.15) is 11.4 Å². The predicted octanol–water partition coefficient (Wildman–Crippen LogP) is 4.46. The Balaban J connectivity index is 2.09. The van der Waals surface area contributed by atoms with Crippen molar-refractivity contribution < 1.29 is 32.9 Å². The molecule has 2 rings (SSSR count). The number of ketones is 1. The van der Waals surface area contributed by atoms with Gasteiger partial charge in [-0.05, 0) is 57.2 Å². The van der Waals surface area contributed by atoms with Gasteiger partial charge in [-0.3, -0.25) is 4.79 Å². The summed E-state index contributed by atoms with van der Waals surface area (Å²) in [7, 11) is 2.75. The first-order valence-electron chi connectivity index (χ1n) is 9.22. The molecule has 2 aromatic carbocycles. The Labute approximate surface area is 175 Å². The van der Waals surface area contributed by atoms with E-state index in [9.17, 15) is 14.0 Å². The molecule has 0 saturated carbocycles. The van der Waals surface area contributed by atoms with Crippen LogP contribution in [0.25, 0.3) is 6.08 Å². The summed E-state index contributed by atoms with van der Waals surface area (Å²) in [5.41, 5.74) is -0.102. The summed E-state index contributed by atoms with van der Waals surface area (Å²) in [4.78, 5) is 24.2. The molecule has 7 heteroatoms. The molecule has 2 aromatic rings. The maximum atomic E-state index is 14.5. The second kappa shape index (κ2) is 9.91. The van der Waals surface area contributed by atoms with Crippen molar-refractivity contribution in [2.24, 2.45) is 0 Å². The third kappa shape index (κ3) is 6.34. The summed E-state index contributed by atoms with van der Waals surface area (Å²) in [5.74, 6) is -0.930. The van der Waals surface area contributed by atoms with Crippen LogP contribution in [0.1, 0.15) is 36.7 Å². The molecule has 0 aliphatic rings. The largest absolute Gasteiger partial charge is 0.493 e. The summed E-state index contributed by atoms with van der Waals surface area (Å²) in [6.45, 7) is 5.01. The fraction of sp³-hybridized carbons (Fsp3) is 0.304. The van der Waals surface area contributed by atoms with E-state index in [1.165, 1.54) is 38.5 Å². The van der Waals surface area contributed by atoms with Gasteiger partial charge in [0.25, 0.3) is 0 Å². The van der Waals surface area contributed by atoms with Gasteiger partial charge < -0.3 is 18.9 Å². The summed E-state index contributed by atoms with van der Waals surface area (Å²) < 4.78 is 35.1. The Morgan fingerprint density at radius 3 is 2.43 bits per heavy atom. The molecule has 0 amide bonds. The lowest BCUT2D eigenvalue weighted by Gasteiger charge is -2.19. The van der Waals surface area contributed by atoms with Crippen molar-refractivity contribution in [2.75, 3.05) is 20.8 Å². The topological polar surface area (TPSA) is 71.1 Å². The van der Waals surface area contributed by atoms with E-state index in [1.807, 2.05) is 0 Å². The van der Waals surface area contributed by atoms with E-state index in [0.717, 1.165) is 0 Å². The number of esters is 1. The second-order valence-corrected chi connectivity index (χ2v) is 7.30. The lowest BCUT2D eigenvalue weighted by atomic mass is 10.1. The highest BCUT2D eigenvalue weighted by molar-refractivity contribution is 6.07. The fourth-order valence-electron chi connectivity index (χ4n) is 2.55. The zero-order valence-electron chi connectivity index (χ0n) is 17.7. The molecular weight excluding hydrogens is 391 g/mol. The Kier molecular flexibility index (Phi) is 7.58. The quantitative estimate of drug-likeness (QED) is 0.359. The molecule has 0 radical (unpaired) electrons. The minimum Gasteiger partial charge on any atom is -0.493 e. The molecule has 0 saturated heterocycles. The predicted molar refractivity (Wildman–Crippen MR) is 111 cm³/mol. The molecule has 0 heterocycles. The third-order valence-electron chi connectivity index (χ3n) is 3.82. The number of rotatable bonds is 8. The van der Waals surface area contributed by atoms with Crippen molar-refractivity contribution in [1.29, 1.82) is 0 Å². The van der Waals surface area contributed by atoms with Crippen molar-refractivity contribution in [3.8, 4) is 17.2 Å². The number of hydrogen-bond donors (Lipinski definition) is 0. The molecule has 0 unspecified atom stereocenters. The van der Waals surface area contributed by atoms with Gasteiger partial charge in [0.05, 0.1) is 14.2 Å². The first-order valence-corrected chi connectivity index (χ1v) is 9.22. The van der Waals surface area contributed by atoms with E-state index in [0.29, 0.717) is 11.3 Å². The average molecular weight is 416 g/mol. The Morgan fingerprint density at radius 1 is 1.07 bits per heavy atom. The Hall–Kier alpha value is -3.35. The number of allylic oxidation sites excluding steroid dienone is 1. The van der Waals surface area contributed by atoms with E-state index < -0.39 is 17.4 Å². The molecule has 30 heavy (non-hydrogen) atoms. The molecule has 0 atom stereocenters. The van der Waals surface area contributed by atoms with Gasteiger partial charge in [0.15, 0.2) is 29.7 Å². The highest BCUT2D eigenvalue weighted by Crippen LogP contribution is 2.32. The van der Waals surface area contributed by atoms with Gasteiger partial charge in [0.2, 0.25) is 0 Å². The van der Waals surface area contributed by atoms with E-state index >= 15 is 0 Å². The molecule has 0 bridgehead atoms. The van der Waals surface area contributed by atoms with Crippen molar-refractivity contribution in [2.45, 2.75) is 26.4 Å². The molecule has 0 aliphatic heterocycles. The van der Waals surface area contributed by atoms with Gasteiger partial charge in [-0.15, -0.1) is 0 Å². The summed E-state index contributed by atoms with van der Waals surface area (Å²) in [6, 6.07) is 9.39. The van der Waals surface area contributed by atoms with Crippen LogP contribution in [0.5, 0.6) is 17.2 Å². The molecule has 0 fully saturated rings. The van der Waals surface area contributed by atoms with E-state index in [4.69, 9.17) is 18.9 Å². The summed E-state index contributed by atoms with van der Waals surface area (Å²) in [6.07, 6.45) is 2.60. The van der Waals surface area contributed by atoms with Crippen LogP contribution in [-0.2, 0) is 9.53 Å². The van der Waals surface area contributed by atoms with Gasteiger partial charge in [-0.2, -0.15) is 0 Å². The first-order chi connectivity index (χ1) is 14.1. The average Bonchev–Trinajstić information content (AvgIpc) is 2.69. The summed E-state index contributed by atoms with van der Waals surface area (Å²) in [5, 5.41) is 0. The normalized spacial score (nSPS) is 11.3. The number of halogens is 1. The van der Waals surface area contributed by atoms with Gasteiger partial charge in [-0.1, -0.05) is 12.1 Å². The van der Waals surface area contributed by atoms with Gasteiger partial charge in [0, 0.05) is 11.1 Å². The fourth-order valence-corrected chi connectivity index (χ4v) is 2.55. The van der Waals surface area contributed by atoms with Crippen LogP contribution in [0.3, 0.4) is 0 Å². The van der Waals surface area contributed by atoms with Crippen molar-refractivity contribution >= 4 is 17.8 Å². The number of carbonyl (C=O) groups is 2. The standard InChI is InChI=1S/C23H25FO6/c1-23(2,3)30-20(26)14-29-17-8-6-7-16(13-17)18(25)11-9-15-10-12-19(27-4)22(28-5)21(15)24/h6-13H,14H2,1-5H3/b11-9+. The van der Waals surface area contributed by atoms with Crippen molar-refractivity contribution in [1.82, 2.24) is 0 Å². The van der Waals surface area contributed by atoms with Crippen LogP contribution in [0.15, 0.2) is 42.5 Å². The van der Waals surface area contributed by atoms with Crippen molar-refractivity contribution in [3.63, 3.8) is 0 Å². The molecule has 0 aliphatic carbocycles. The number of carbonyl (C=O) groups excluding carboxylic acids is 2. The van der Waals surface area contributed by atoms with Crippen LogP contribution in [0.4, 0.5) is 4.39 Å². The highest BCUT2D eigenvalue weighted by atomic mass is 19.1. The zero-order valence-corrected chi connectivity index (χ0v) is 17.7. The Bertz CT molecular complexity index is 943. The lowest BCUT2D eigenvalue weighted by Crippen LogP contribution is -2.27. The second-order valence-electron chi connectivity index (χ2n) is 7.30. The first kappa shape index (κ1) is 22.9. The minimum atomic E-state index is -0.629. The van der Waals surface area contributed by atoms with Crippen LogP contribution >= 0.6 is 0 Å². The smallest absolute Gasteiger partial charge is 0.344 e. The van der Waals surface area contributed by atoms with Crippen molar-refractivity contribution in [3.05, 3.63) is 59.4 Å². The van der Waals surface area contributed by atoms with E-state index in [-0.39, 0.29) is 29.5 Å². The monoisotopic (exact) mass is 416 g/mol. The highest BCUT2D eigenvalue weighted by Gasteiger charge is 2.17. The molecule has 6 nitrogen and oxygen atoms in total. The SMILES string of the molecule is COc1ccc(/C=C/C(=O)c2cccc(OCC(=O)OC(C)(C)C)c2)c(F)c1OC.